The summed E-state index contributed by atoms with van der Waals surface area (Å²) >= 11 is 7.46. The fourth-order valence-corrected chi connectivity index (χ4v) is 2.79. The van der Waals surface area contributed by atoms with Gasteiger partial charge in [0.15, 0.2) is 0 Å². The van der Waals surface area contributed by atoms with E-state index in [4.69, 9.17) is 16.3 Å². The van der Waals surface area contributed by atoms with Crippen molar-refractivity contribution >= 4 is 22.9 Å². The molecule has 0 saturated heterocycles. The molecule has 0 atom stereocenters. The van der Waals surface area contributed by atoms with Crippen molar-refractivity contribution in [1.82, 2.24) is 4.98 Å². The van der Waals surface area contributed by atoms with Crippen molar-refractivity contribution in [2.75, 3.05) is 7.11 Å². The van der Waals surface area contributed by atoms with E-state index in [1.54, 1.807) is 18.4 Å². The predicted octanol–water partition coefficient (Wildman–Crippen LogP) is 4.17. The molecule has 0 aliphatic rings. The zero-order valence-corrected chi connectivity index (χ0v) is 11.7. The topological polar surface area (TPSA) is 22.1 Å². The zero-order chi connectivity index (χ0) is 12.4. The lowest BCUT2D eigenvalue weighted by Gasteiger charge is -2.08. The molecule has 2 rings (SSSR count). The van der Waals surface area contributed by atoms with Crippen LogP contribution in [0.25, 0.3) is 11.3 Å². The van der Waals surface area contributed by atoms with E-state index in [0.29, 0.717) is 5.88 Å². The normalized spacial score (nSPS) is 10.6. The molecule has 0 aliphatic carbocycles. The summed E-state index contributed by atoms with van der Waals surface area (Å²) in [6.07, 6.45) is 0. The first kappa shape index (κ1) is 12.4. The highest BCUT2D eigenvalue weighted by Crippen LogP contribution is 2.35. The van der Waals surface area contributed by atoms with Gasteiger partial charge in [-0.15, -0.1) is 22.9 Å². The van der Waals surface area contributed by atoms with Gasteiger partial charge in [-0.2, -0.15) is 0 Å². The second-order valence-electron chi connectivity index (χ2n) is 3.85. The number of benzene rings is 1. The monoisotopic (exact) mass is 267 g/mol. The molecule has 0 spiro atoms. The van der Waals surface area contributed by atoms with Crippen LogP contribution >= 0.6 is 22.9 Å². The molecule has 1 heterocycles. The molecule has 0 aliphatic heterocycles. The number of halogens is 1. The van der Waals surface area contributed by atoms with Gasteiger partial charge >= 0.3 is 0 Å². The second kappa shape index (κ2) is 5.07. The Balaban J connectivity index is 2.58. The molecule has 1 aromatic heterocycles. The van der Waals surface area contributed by atoms with Gasteiger partial charge in [0.1, 0.15) is 10.8 Å². The lowest BCUT2D eigenvalue weighted by atomic mass is 10.1. The van der Waals surface area contributed by atoms with E-state index >= 15 is 0 Å². The van der Waals surface area contributed by atoms with E-state index in [9.17, 15) is 0 Å². The van der Waals surface area contributed by atoms with Gasteiger partial charge in [0.25, 0.3) is 0 Å². The maximum Gasteiger partial charge on any atom is 0.128 e. The molecular formula is C13H14ClNOS. The standard InChI is InChI=1S/C13H14ClNOS/c1-8-4-5-11(16-3)10(6-8)13-9(2)17-12(7-14)15-13/h4-6H,7H2,1-3H3. The smallest absolute Gasteiger partial charge is 0.128 e. The summed E-state index contributed by atoms with van der Waals surface area (Å²) in [5.74, 6) is 1.31. The lowest BCUT2D eigenvalue weighted by Crippen LogP contribution is -1.90. The first-order chi connectivity index (χ1) is 8.15. The highest BCUT2D eigenvalue weighted by Gasteiger charge is 2.13. The third-order valence-electron chi connectivity index (χ3n) is 2.57. The summed E-state index contributed by atoms with van der Waals surface area (Å²) in [7, 11) is 1.68. The van der Waals surface area contributed by atoms with Crippen molar-refractivity contribution in [3.05, 3.63) is 33.6 Å². The molecule has 0 bridgehead atoms. The molecule has 0 radical (unpaired) electrons. The average molecular weight is 268 g/mol. The number of hydrogen-bond donors (Lipinski definition) is 0. The number of hydrogen-bond acceptors (Lipinski definition) is 3. The van der Waals surface area contributed by atoms with Crippen molar-refractivity contribution in [3.8, 4) is 17.0 Å². The lowest BCUT2D eigenvalue weighted by molar-refractivity contribution is 0.416. The van der Waals surface area contributed by atoms with Crippen LogP contribution in [0.4, 0.5) is 0 Å². The molecule has 0 unspecified atom stereocenters. The van der Waals surface area contributed by atoms with Gasteiger partial charge in [0.2, 0.25) is 0 Å². The molecule has 2 aromatic rings. The van der Waals surface area contributed by atoms with E-state index in [-0.39, 0.29) is 0 Å². The van der Waals surface area contributed by atoms with Crippen LogP contribution in [0.1, 0.15) is 15.4 Å². The number of thiazole rings is 1. The molecule has 2 nitrogen and oxygen atoms in total. The van der Waals surface area contributed by atoms with Gasteiger partial charge in [-0.1, -0.05) is 11.6 Å². The number of aromatic nitrogens is 1. The number of aryl methyl sites for hydroxylation is 2. The molecule has 0 fully saturated rings. The van der Waals surface area contributed by atoms with Gasteiger partial charge in [0, 0.05) is 10.4 Å². The summed E-state index contributed by atoms with van der Waals surface area (Å²) < 4.78 is 5.38. The number of rotatable bonds is 3. The second-order valence-corrected chi connectivity index (χ2v) is 5.40. The summed E-state index contributed by atoms with van der Waals surface area (Å²) in [6, 6.07) is 6.11. The minimum absolute atomic E-state index is 0.458. The summed E-state index contributed by atoms with van der Waals surface area (Å²) in [5.41, 5.74) is 3.21. The van der Waals surface area contributed by atoms with Crippen molar-refractivity contribution in [3.63, 3.8) is 0 Å². The Morgan fingerprint density at radius 1 is 1.35 bits per heavy atom. The van der Waals surface area contributed by atoms with E-state index in [1.165, 1.54) is 10.4 Å². The SMILES string of the molecule is COc1ccc(C)cc1-c1nc(CCl)sc1C. The van der Waals surface area contributed by atoms with Crippen molar-refractivity contribution in [2.24, 2.45) is 0 Å². The first-order valence-corrected chi connectivity index (χ1v) is 6.68. The van der Waals surface area contributed by atoms with Crippen molar-refractivity contribution in [1.29, 1.82) is 0 Å². The van der Waals surface area contributed by atoms with Gasteiger partial charge in [0.05, 0.1) is 18.7 Å². The third-order valence-corrected chi connectivity index (χ3v) is 3.95. The Hall–Kier alpha value is -1.06. The Morgan fingerprint density at radius 2 is 2.12 bits per heavy atom. The fraction of sp³-hybridized carbons (Fsp3) is 0.308. The van der Waals surface area contributed by atoms with Gasteiger partial charge in [-0.05, 0) is 26.0 Å². The Kier molecular flexibility index (Phi) is 3.69. The Morgan fingerprint density at radius 3 is 2.71 bits per heavy atom. The molecule has 1 aromatic carbocycles. The highest BCUT2D eigenvalue weighted by atomic mass is 35.5. The van der Waals surface area contributed by atoms with Crippen LogP contribution in [0.2, 0.25) is 0 Å². The van der Waals surface area contributed by atoms with Crippen LogP contribution in [0.5, 0.6) is 5.75 Å². The largest absolute Gasteiger partial charge is 0.496 e. The molecule has 90 valence electrons. The van der Waals surface area contributed by atoms with Crippen LogP contribution in [-0.4, -0.2) is 12.1 Å². The third kappa shape index (κ3) is 2.45. The Labute approximate surface area is 110 Å². The van der Waals surface area contributed by atoms with E-state index in [2.05, 4.69) is 24.9 Å². The number of nitrogens with zero attached hydrogens (tertiary/aromatic N) is 1. The van der Waals surface area contributed by atoms with Gasteiger partial charge < -0.3 is 4.74 Å². The molecule has 0 amide bonds. The number of ether oxygens (including phenoxy) is 1. The molecular weight excluding hydrogens is 254 g/mol. The quantitative estimate of drug-likeness (QED) is 0.779. The van der Waals surface area contributed by atoms with Crippen molar-refractivity contribution < 1.29 is 4.74 Å². The fourth-order valence-electron chi connectivity index (χ4n) is 1.77. The predicted molar refractivity (Wildman–Crippen MR) is 73.1 cm³/mol. The molecule has 17 heavy (non-hydrogen) atoms. The summed E-state index contributed by atoms with van der Waals surface area (Å²) in [4.78, 5) is 5.73. The van der Waals surface area contributed by atoms with E-state index in [1.807, 2.05) is 12.1 Å². The van der Waals surface area contributed by atoms with E-state index in [0.717, 1.165) is 22.0 Å². The maximum atomic E-state index is 5.82. The van der Waals surface area contributed by atoms with E-state index < -0.39 is 0 Å². The molecule has 0 saturated carbocycles. The van der Waals surface area contributed by atoms with Crippen LogP contribution in [0, 0.1) is 13.8 Å². The maximum absolute atomic E-state index is 5.82. The minimum atomic E-state index is 0.458. The highest BCUT2D eigenvalue weighted by molar-refractivity contribution is 7.12. The molecule has 4 heteroatoms. The number of methoxy groups -OCH3 is 1. The molecule has 0 N–H and O–H groups in total. The van der Waals surface area contributed by atoms with Crippen LogP contribution in [-0.2, 0) is 5.88 Å². The first-order valence-electron chi connectivity index (χ1n) is 5.33. The minimum Gasteiger partial charge on any atom is -0.496 e. The zero-order valence-electron chi connectivity index (χ0n) is 10.1. The number of alkyl halides is 1. The summed E-state index contributed by atoms with van der Waals surface area (Å²) in [5, 5.41) is 0.947. The van der Waals surface area contributed by atoms with Crippen LogP contribution < -0.4 is 4.74 Å². The van der Waals surface area contributed by atoms with Crippen LogP contribution in [0.3, 0.4) is 0 Å². The van der Waals surface area contributed by atoms with Crippen molar-refractivity contribution in [2.45, 2.75) is 19.7 Å². The Bertz CT molecular complexity index is 536. The summed E-state index contributed by atoms with van der Waals surface area (Å²) in [6.45, 7) is 4.12. The van der Waals surface area contributed by atoms with Crippen LogP contribution in [0.15, 0.2) is 18.2 Å². The van der Waals surface area contributed by atoms with Gasteiger partial charge in [-0.3, -0.25) is 0 Å². The average Bonchev–Trinajstić information content (AvgIpc) is 2.70. The van der Waals surface area contributed by atoms with Gasteiger partial charge in [-0.25, -0.2) is 4.98 Å².